The van der Waals surface area contributed by atoms with Gasteiger partial charge in [-0.15, -0.1) is 5.10 Å². The minimum absolute atomic E-state index is 0.0132. The van der Waals surface area contributed by atoms with Gasteiger partial charge in [0.1, 0.15) is 6.54 Å². The van der Waals surface area contributed by atoms with Crippen LogP contribution < -0.4 is 25.8 Å². The van der Waals surface area contributed by atoms with E-state index in [2.05, 4.69) is 20.9 Å². The van der Waals surface area contributed by atoms with Crippen molar-refractivity contribution in [2.45, 2.75) is 26.9 Å². The average molecular weight is 422 g/mol. The molecule has 1 aromatic heterocycles. The van der Waals surface area contributed by atoms with Crippen LogP contribution in [0.15, 0.2) is 36.4 Å². The van der Waals surface area contributed by atoms with E-state index < -0.39 is 5.91 Å². The van der Waals surface area contributed by atoms with Crippen molar-refractivity contribution in [1.29, 1.82) is 0 Å². The monoisotopic (exact) mass is 422 g/mol. The number of aromatic nitrogens is 3. The van der Waals surface area contributed by atoms with Crippen molar-refractivity contribution >= 4 is 23.3 Å². The number of anilines is 2. The first kappa shape index (κ1) is 20.2. The summed E-state index contributed by atoms with van der Waals surface area (Å²) >= 11 is 0. The van der Waals surface area contributed by atoms with E-state index in [1.54, 1.807) is 12.1 Å². The van der Waals surface area contributed by atoms with E-state index in [1.807, 2.05) is 38.1 Å². The normalized spacial score (nSPS) is 11.9. The smallest absolute Gasteiger partial charge is 0.275 e. The fourth-order valence-electron chi connectivity index (χ4n) is 3.13. The molecule has 4 rings (SSSR count). The van der Waals surface area contributed by atoms with Gasteiger partial charge in [0.25, 0.3) is 5.91 Å². The maximum Gasteiger partial charge on any atom is 0.275 e. The summed E-state index contributed by atoms with van der Waals surface area (Å²) < 4.78 is 11.8. The zero-order valence-corrected chi connectivity index (χ0v) is 17.1. The summed E-state index contributed by atoms with van der Waals surface area (Å²) in [6.07, 6.45) is 0. The lowest BCUT2D eigenvalue weighted by atomic mass is 10.1. The molecule has 0 unspecified atom stereocenters. The van der Waals surface area contributed by atoms with Crippen molar-refractivity contribution in [1.82, 2.24) is 20.3 Å². The first-order valence-corrected chi connectivity index (χ1v) is 9.64. The molecule has 1 aliphatic heterocycles. The van der Waals surface area contributed by atoms with Crippen molar-refractivity contribution in [3.8, 4) is 11.5 Å². The van der Waals surface area contributed by atoms with Gasteiger partial charge in [-0.1, -0.05) is 23.4 Å². The molecule has 0 atom stereocenters. The molecule has 2 amide bonds. The summed E-state index contributed by atoms with van der Waals surface area (Å²) in [5, 5.41) is 13.2. The first-order valence-electron chi connectivity index (χ1n) is 9.64. The van der Waals surface area contributed by atoms with E-state index >= 15 is 0 Å². The van der Waals surface area contributed by atoms with E-state index in [0.717, 1.165) is 16.7 Å². The molecule has 1 aliphatic rings. The quantitative estimate of drug-likeness (QED) is 0.551. The second kappa shape index (κ2) is 8.34. The Balaban J connectivity index is 1.37. The molecule has 0 spiro atoms. The number of ether oxygens (including phenoxy) is 2. The number of nitrogen functional groups attached to an aromatic ring is 1. The number of carbonyl (C=O) groups is 2. The molecule has 0 fully saturated rings. The summed E-state index contributed by atoms with van der Waals surface area (Å²) in [6, 6.07) is 11.0. The van der Waals surface area contributed by atoms with Crippen LogP contribution in [0.4, 0.5) is 11.5 Å². The van der Waals surface area contributed by atoms with Crippen LogP contribution in [0.5, 0.6) is 11.5 Å². The molecule has 0 aliphatic carbocycles. The Morgan fingerprint density at radius 2 is 1.97 bits per heavy atom. The molecule has 0 saturated heterocycles. The highest BCUT2D eigenvalue weighted by Crippen LogP contribution is 2.32. The van der Waals surface area contributed by atoms with Gasteiger partial charge in [0, 0.05) is 12.2 Å². The third-order valence-corrected chi connectivity index (χ3v) is 5.05. The largest absolute Gasteiger partial charge is 0.454 e. The van der Waals surface area contributed by atoms with E-state index in [-0.39, 0.29) is 37.3 Å². The molecule has 0 saturated carbocycles. The zero-order chi connectivity index (χ0) is 22.0. The Kier molecular flexibility index (Phi) is 5.44. The third-order valence-electron chi connectivity index (χ3n) is 5.05. The van der Waals surface area contributed by atoms with Crippen LogP contribution in [-0.2, 0) is 17.9 Å². The van der Waals surface area contributed by atoms with Crippen LogP contribution in [0.2, 0.25) is 0 Å². The van der Waals surface area contributed by atoms with Crippen LogP contribution >= 0.6 is 0 Å². The van der Waals surface area contributed by atoms with Gasteiger partial charge < -0.3 is 25.8 Å². The minimum atomic E-state index is -0.489. The molecule has 31 heavy (non-hydrogen) atoms. The molecule has 0 bridgehead atoms. The van der Waals surface area contributed by atoms with Gasteiger partial charge in [0.15, 0.2) is 23.0 Å². The second-order valence-corrected chi connectivity index (χ2v) is 7.15. The number of amides is 2. The Morgan fingerprint density at radius 3 is 2.81 bits per heavy atom. The summed E-state index contributed by atoms with van der Waals surface area (Å²) in [5.41, 5.74) is 9.55. The number of fused-ring (bicyclic) bond motifs is 1. The highest BCUT2D eigenvalue weighted by Gasteiger charge is 2.20. The van der Waals surface area contributed by atoms with Crippen LogP contribution in [0.25, 0.3) is 0 Å². The molecular formula is C21H22N6O4. The molecule has 10 nitrogen and oxygen atoms in total. The zero-order valence-electron chi connectivity index (χ0n) is 17.1. The Labute approximate surface area is 178 Å². The van der Waals surface area contributed by atoms with Crippen molar-refractivity contribution in [2.75, 3.05) is 17.8 Å². The summed E-state index contributed by atoms with van der Waals surface area (Å²) in [5.74, 6) is 0.502. The number of nitrogens with zero attached hydrogens (tertiary/aromatic N) is 3. The molecule has 10 heteroatoms. The fourth-order valence-corrected chi connectivity index (χ4v) is 3.13. The van der Waals surface area contributed by atoms with Gasteiger partial charge in [-0.05, 0) is 48.7 Å². The minimum Gasteiger partial charge on any atom is -0.454 e. The number of nitrogens with one attached hydrogen (secondary N) is 2. The number of benzene rings is 2. The predicted molar refractivity (Wildman–Crippen MR) is 113 cm³/mol. The number of carbonyl (C=O) groups excluding carboxylic acids is 2. The van der Waals surface area contributed by atoms with Gasteiger partial charge >= 0.3 is 0 Å². The van der Waals surface area contributed by atoms with E-state index in [0.29, 0.717) is 17.2 Å². The van der Waals surface area contributed by atoms with Gasteiger partial charge in [-0.2, -0.15) is 0 Å². The predicted octanol–water partition coefficient (Wildman–Crippen LogP) is 1.77. The maximum absolute atomic E-state index is 12.5. The van der Waals surface area contributed by atoms with Crippen LogP contribution in [-0.4, -0.2) is 33.6 Å². The lowest BCUT2D eigenvalue weighted by molar-refractivity contribution is -0.116. The highest BCUT2D eigenvalue weighted by atomic mass is 16.7. The fraction of sp³-hybridized carbons (Fsp3) is 0.238. The molecule has 3 aromatic rings. The Bertz CT molecular complexity index is 1160. The summed E-state index contributed by atoms with van der Waals surface area (Å²) in [7, 11) is 0. The van der Waals surface area contributed by atoms with Gasteiger partial charge in [-0.25, -0.2) is 4.68 Å². The second-order valence-electron chi connectivity index (χ2n) is 7.15. The number of hydrogen-bond acceptors (Lipinski definition) is 7. The van der Waals surface area contributed by atoms with Crippen molar-refractivity contribution in [3.63, 3.8) is 0 Å². The lowest BCUT2D eigenvalue weighted by Gasteiger charge is -2.10. The van der Waals surface area contributed by atoms with E-state index in [1.165, 1.54) is 4.68 Å². The Morgan fingerprint density at radius 1 is 1.16 bits per heavy atom. The SMILES string of the molecule is Cc1cccc(NC(=O)Cn2nnc(C(=O)NCc3ccc4c(c3)OCO4)c2N)c1C. The van der Waals surface area contributed by atoms with E-state index in [9.17, 15) is 9.59 Å². The first-order chi connectivity index (χ1) is 14.9. The number of hydrogen-bond donors (Lipinski definition) is 3. The number of aryl methyl sites for hydroxylation is 1. The third kappa shape index (κ3) is 4.27. The Hall–Kier alpha value is -4.08. The number of nitrogens with two attached hydrogens (primary N) is 1. The molecular weight excluding hydrogens is 400 g/mol. The van der Waals surface area contributed by atoms with Crippen molar-refractivity contribution < 1.29 is 19.1 Å². The molecule has 2 heterocycles. The van der Waals surface area contributed by atoms with Gasteiger partial charge in [-0.3, -0.25) is 9.59 Å². The lowest BCUT2D eigenvalue weighted by Crippen LogP contribution is -2.25. The average Bonchev–Trinajstić information content (AvgIpc) is 3.36. The number of rotatable bonds is 6. The molecule has 2 aromatic carbocycles. The highest BCUT2D eigenvalue weighted by molar-refractivity contribution is 5.97. The standard InChI is InChI=1S/C21H22N6O4/c1-12-4-3-5-15(13(12)2)24-18(28)10-27-20(22)19(25-26-27)21(29)23-9-14-6-7-16-17(8-14)31-11-30-16/h3-8H,9-11,22H2,1-2H3,(H,23,29)(H,24,28). The van der Waals surface area contributed by atoms with Crippen LogP contribution in [0, 0.1) is 13.8 Å². The molecule has 0 radical (unpaired) electrons. The summed E-state index contributed by atoms with van der Waals surface area (Å²) in [6.45, 7) is 4.16. The van der Waals surface area contributed by atoms with Crippen LogP contribution in [0.1, 0.15) is 27.2 Å². The van der Waals surface area contributed by atoms with Crippen molar-refractivity contribution in [3.05, 3.63) is 58.8 Å². The van der Waals surface area contributed by atoms with Gasteiger partial charge in [0.05, 0.1) is 0 Å². The summed E-state index contributed by atoms with van der Waals surface area (Å²) in [4.78, 5) is 24.9. The topological polar surface area (TPSA) is 133 Å². The maximum atomic E-state index is 12.5. The van der Waals surface area contributed by atoms with Crippen molar-refractivity contribution in [2.24, 2.45) is 0 Å². The van der Waals surface area contributed by atoms with Gasteiger partial charge in [0.2, 0.25) is 12.7 Å². The van der Waals surface area contributed by atoms with Crippen LogP contribution in [0.3, 0.4) is 0 Å². The molecule has 160 valence electrons. The van der Waals surface area contributed by atoms with E-state index in [4.69, 9.17) is 15.2 Å². The molecule has 4 N–H and O–H groups in total.